The molecule has 7 atom stereocenters. The number of hydrogen-bond acceptors (Lipinski definition) is 5. The van der Waals surface area contributed by atoms with Crippen molar-refractivity contribution in [1.29, 1.82) is 0 Å². The van der Waals surface area contributed by atoms with Crippen molar-refractivity contribution < 1.29 is 23.8 Å². The largest absolute Gasteiger partial charge is 0.504 e. The van der Waals surface area contributed by atoms with Gasteiger partial charge in [-0.15, -0.1) is 0 Å². The average molecular weight is 432 g/mol. The van der Waals surface area contributed by atoms with E-state index in [1.807, 2.05) is 13.0 Å². The van der Waals surface area contributed by atoms with Crippen LogP contribution in [0.5, 0.6) is 11.5 Å². The van der Waals surface area contributed by atoms with Gasteiger partial charge in [0.25, 0.3) is 0 Å². The molecule has 4 fully saturated rings. The molecule has 170 valence electrons. The molecule has 5 nitrogen and oxygen atoms in total. The Morgan fingerprint density at radius 3 is 2.68 bits per heavy atom. The SMILES string of the molecule is [2H][13C]([2H])([2H])N1CC[C@]23c4c5ccc(O)c4O[C@H]2[C@@]2(OC)CC[C@@]3(C[C@@H]2[C@](C)(O)C(C)(C)C)[C@H]1C5. The second kappa shape index (κ2) is 5.60. The highest BCUT2D eigenvalue weighted by Gasteiger charge is 2.82. The number of phenolic OH excluding ortho intramolecular Hbond substituents is 1. The van der Waals surface area contributed by atoms with Gasteiger partial charge < -0.3 is 24.6 Å². The van der Waals surface area contributed by atoms with Crippen LogP contribution in [0.2, 0.25) is 0 Å². The summed E-state index contributed by atoms with van der Waals surface area (Å²) in [7, 11) is 1.73. The number of aromatic hydroxyl groups is 1. The normalized spacial score (nSPS) is 46.4. The molecule has 1 saturated heterocycles. The molecule has 4 bridgehead atoms. The van der Waals surface area contributed by atoms with Crippen LogP contribution in [0.3, 0.4) is 0 Å². The summed E-state index contributed by atoms with van der Waals surface area (Å²) >= 11 is 0. The van der Waals surface area contributed by atoms with Gasteiger partial charge in [0, 0.05) is 39.6 Å². The van der Waals surface area contributed by atoms with E-state index < -0.39 is 29.0 Å². The number of benzene rings is 1. The van der Waals surface area contributed by atoms with E-state index >= 15 is 0 Å². The highest BCUT2D eigenvalue weighted by molar-refractivity contribution is 5.63. The van der Waals surface area contributed by atoms with Gasteiger partial charge in [0.1, 0.15) is 11.7 Å². The predicted octanol–water partition coefficient (Wildman–Crippen LogP) is 3.63. The lowest BCUT2D eigenvalue weighted by atomic mass is 9.33. The molecular formula is C26H37NO4. The molecule has 2 spiro atoms. The number of ether oxygens (including phenoxy) is 2. The first kappa shape index (κ1) is 17.2. The highest BCUT2D eigenvalue weighted by Crippen LogP contribution is 2.77. The maximum Gasteiger partial charge on any atom is 0.165 e. The zero-order valence-electron chi connectivity index (χ0n) is 22.3. The Morgan fingerprint density at radius 1 is 1.23 bits per heavy atom. The van der Waals surface area contributed by atoms with Gasteiger partial charge in [-0.2, -0.15) is 0 Å². The maximum absolute atomic E-state index is 12.1. The fourth-order valence-corrected chi connectivity index (χ4v) is 8.64. The molecule has 0 amide bonds. The number of hydrogen-bond donors (Lipinski definition) is 2. The second-order valence-electron chi connectivity index (χ2n) is 12.0. The molecule has 1 aromatic carbocycles. The van der Waals surface area contributed by atoms with Crippen LogP contribution in [0.25, 0.3) is 0 Å². The third kappa shape index (κ3) is 1.94. The summed E-state index contributed by atoms with van der Waals surface area (Å²) in [4.78, 5) is 1.75. The minimum absolute atomic E-state index is 0.138. The molecule has 1 aromatic rings. The molecule has 0 unspecified atom stereocenters. The van der Waals surface area contributed by atoms with Crippen LogP contribution in [0, 0.1) is 16.7 Å². The molecule has 6 aliphatic rings. The van der Waals surface area contributed by atoms with Crippen molar-refractivity contribution in [3.63, 3.8) is 0 Å². The van der Waals surface area contributed by atoms with Gasteiger partial charge >= 0.3 is 0 Å². The molecule has 0 radical (unpaired) electrons. The maximum atomic E-state index is 12.1. The van der Waals surface area contributed by atoms with Gasteiger partial charge in [-0.25, -0.2) is 0 Å². The number of phenols is 1. The van der Waals surface area contributed by atoms with Crippen LogP contribution in [0.1, 0.15) is 68.6 Å². The molecule has 3 saturated carbocycles. The monoisotopic (exact) mass is 431 g/mol. The highest BCUT2D eigenvalue weighted by atomic mass is 16.6. The lowest BCUT2D eigenvalue weighted by Crippen LogP contribution is -2.83. The Balaban J connectivity index is 1.65. The van der Waals surface area contributed by atoms with E-state index in [-0.39, 0.29) is 29.2 Å². The van der Waals surface area contributed by atoms with Gasteiger partial charge in [0.05, 0.1) is 5.60 Å². The number of methoxy groups -OCH3 is 1. The van der Waals surface area contributed by atoms with Crippen molar-refractivity contribution >= 4 is 0 Å². The Kier molecular flexibility index (Phi) is 3.11. The molecule has 5 heteroatoms. The quantitative estimate of drug-likeness (QED) is 0.700. The Labute approximate surface area is 189 Å². The van der Waals surface area contributed by atoms with E-state index in [0.717, 1.165) is 17.5 Å². The van der Waals surface area contributed by atoms with E-state index in [2.05, 4.69) is 20.8 Å². The molecule has 2 heterocycles. The lowest BCUT2D eigenvalue weighted by molar-refractivity contribution is -0.311. The summed E-state index contributed by atoms with van der Waals surface area (Å²) in [5.74, 6) is 0.445. The lowest BCUT2D eigenvalue weighted by Gasteiger charge is -2.75. The van der Waals surface area contributed by atoms with Gasteiger partial charge in [-0.3, -0.25) is 0 Å². The fourth-order valence-electron chi connectivity index (χ4n) is 8.64. The number of rotatable bonds is 2. The van der Waals surface area contributed by atoms with Crippen molar-refractivity contribution in [2.45, 2.75) is 88.6 Å². The second-order valence-corrected chi connectivity index (χ2v) is 12.0. The minimum atomic E-state index is -2.19. The van der Waals surface area contributed by atoms with E-state index in [1.54, 1.807) is 18.1 Å². The number of likely N-dealkylation sites (tertiary alicyclic amines) is 1. The molecule has 2 N–H and O–H groups in total. The van der Waals surface area contributed by atoms with E-state index in [1.165, 1.54) is 0 Å². The number of fused-ring (bicyclic) bond motifs is 2. The summed E-state index contributed by atoms with van der Waals surface area (Å²) in [5, 5.41) is 23.0. The van der Waals surface area contributed by atoms with Crippen LogP contribution in [-0.2, 0) is 16.6 Å². The standard InChI is InChI=1S/C26H37NO4/c1-22(2,3)23(4,29)17-14-24-9-10-26(17,30-6)21-25(24)11-12-27(5)18(24)13-15-7-8-16(28)20(31-21)19(15)25/h7-8,17-18,21,28-29H,9-14H2,1-6H3/t17-,18-,21-,23+,24-,25+,26-/m1/s1/i5+1D3. The number of piperidine rings is 1. The predicted molar refractivity (Wildman–Crippen MR) is 119 cm³/mol. The van der Waals surface area contributed by atoms with Crippen molar-refractivity contribution in [1.82, 2.24) is 4.90 Å². The van der Waals surface area contributed by atoms with Gasteiger partial charge in [-0.05, 0) is 69.6 Å². The summed E-state index contributed by atoms with van der Waals surface area (Å²) in [6.07, 6.45) is 3.08. The first-order valence-electron chi connectivity index (χ1n) is 13.2. The summed E-state index contributed by atoms with van der Waals surface area (Å²) in [5.41, 5.74) is -0.873. The number of aliphatic hydroxyl groups is 1. The number of nitrogens with zero attached hydrogens (tertiary/aromatic N) is 1. The van der Waals surface area contributed by atoms with Crippen LogP contribution in [0.15, 0.2) is 12.1 Å². The van der Waals surface area contributed by atoms with Crippen molar-refractivity contribution in [3.8, 4) is 11.5 Å². The van der Waals surface area contributed by atoms with Crippen LogP contribution < -0.4 is 4.74 Å². The third-order valence-corrected chi connectivity index (χ3v) is 10.6. The van der Waals surface area contributed by atoms with E-state index in [0.29, 0.717) is 38.0 Å². The summed E-state index contributed by atoms with van der Waals surface area (Å²) in [6, 6.07) is 3.45. The summed E-state index contributed by atoms with van der Waals surface area (Å²) < 4.78 is 38.3. The topological polar surface area (TPSA) is 62.2 Å². The molecule has 2 aliphatic heterocycles. The third-order valence-electron chi connectivity index (χ3n) is 10.6. The van der Waals surface area contributed by atoms with Crippen LogP contribution >= 0.6 is 0 Å². The van der Waals surface area contributed by atoms with Gasteiger partial charge in [0.15, 0.2) is 11.5 Å². The van der Waals surface area contributed by atoms with Crippen LogP contribution in [-0.4, -0.2) is 59.1 Å². The molecule has 31 heavy (non-hydrogen) atoms. The first-order chi connectivity index (χ1) is 15.7. The Hall–Kier alpha value is -1.30. The number of likely N-dealkylation sites (N-methyl/N-ethyl adjacent to an activating group) is 1. The smallest absolute Gasteiger partial charge is 0.165 e. The Morgan fingerprint density at radius 2 is 2.00 bits per heavy atom. The fraction of sp³-hybridized carbons (Fsp3) is 0.769. The summed E-state index contributed by atoms with van der Waals surface area (Å²) in [6.45, 7) is 6.33. The zero-order valence-corrected chi connectivity index (χ0v) is 19.3. The molecule has 0 aromatic heterocycles. The van der Waals surface area contributed by atoms with E-state index in [4.69, 9.17) is 13.6 Å². The average Bonchev–Trinajstić information content (AvgIpc) is 3.10. The van der Waals surface area contributed by atoms with Crippen molar-refractivity contribution in [2.24, 2.45) is 16.7 Å². The zero-order chi connectivity index (χ0) is 24.7. The molecule has 7 rings (SSSR count). The van der Waals surface area contributed by atoms with Crippen molar-refractivity contribution in [2.75, 3.05) is 20.6 Å². The molecule has 4 aliphatic carbocycles. The minimum Gasteiger partial charge on any atom is -0.504 e. The van der Waals surface area contributed by atoms with Crippen molar-refractivity contribution in [3.05, 3.63) is 23.3 Å². The van der Waals surface area contributed by atoms with E-state index in [9.17, 15) is 10.2 Å². The Bertz CT molecular complexity index is 1070. The first-order valence-corrected chi connectivity index (χ1v) is 11.7. The van der Waals surface area contributed by atoms with Crippen LogP contribution in [0.4, 0.5) is 0 Å². The van der Waals surface area contributed by atoms with Gasteiger partial charge in [-0.1, -0.05) is 26.8 Å². The molecular weight excluding hydrogens is 391 g/mol. The van der Waals surface area contributed by atoms with Gasteiger partial charge in [0.2, 0.25) is 0 Å².